The van der Waals surface area contributed by atoms with Gasteiger partial charge in [0, 0.05) is 12.1 Å². The summed E-state index contributed by atoms with van der Waals surface area (Å²) in [4.78, 5) is 28.3. The van der Waals surface area contributed by atoms with E-state index in [9.17, 15) is 14.9 Å². The number of non-ortho nitro benzene ring substituents is 1. The highest BCUT2D eigenvalue weighted by Crippen LogP contribution is 2.25. The minimum Gasteiger partial charge on any atom is -0.457 e. The van der Waals surface area contributed by atoms with Crippen LogP contribution in [0.3, 0.4) is 0 Å². The van der Waals surface area contributed by atoms with Crippen molar-refractivity contribution in [3.8, 4) is 11.5 Å². The Morgan fingerprint density at radius 3 is 2.52 bits per heavy atom. The van der Waals surface area contributed by atoms with Gasteiger partial charge in [-0.3, -0.25) is 14.9 Å². The van der Waals surface area contributed by atoms with Crippen molar-refractivity contribution in [1.82, 2.24) is 9.97 Å². The minimum absolute atomic E-state index is 0.0125. The summed E-state index contributed by atoms with van der Waals surface area (Å²) >= 11 is 0. The second-order valence-corrected chi connectivity index (χ2v) is 4.26. The topological polar surface area (TPSA) is 98.1 Å². The van der Waals surface area contributed by atoms with Crippen molar-refractivity contribution < 1.29 is 9.66 Å². The maximum Gasteiger partial charge on any atom is 0.269 e. The lowest BCUT2D eigenvalue weighted by atomic mass is 10.2. The van der Waals surface area contributed by atoms with Crippen molar-refractivity contribution in [2.24, 2.45) is 0 Å². The molecule has 3 aromatic rings. The Balaban J connectivity index is 1.92. The van der Waals surface area contributed by atoms with Gasteiger partial charge in [-0.05, 0) is 30.3 Å². The summed E-state index contributed by atoms with van der Waals surface area (Å²) in [7, 11) is 0. The fourth-order valence-corrected chi connectivity index (χ4v) is 1.88. The molecule has 1 heterocycles. The Morgan fingerprint density at radius 1 is 1.10 bits per heavy atom. The van der Waals surface area contributed by atoms with Crippen LogP contribution in [0.25, 0.3) is 10.9 Å². The first-order valence-electron chi connectivity index (χ1n) is 6.03. The average molecular weight is 283 g/mol. The van der Waals surface area contributed by atoms with Crippen LogP contribution in [-0.4, -0.2) is 14.9 Å². The minimum atomic E-state index is -0.481. The summed E-state index contributed by atoms with van der Waals surface area (Å²) in [5.74, 6) is 0.898. The molecule has 1 aromatic heterocycles. The first-order valence-corrected chi connectivity index (χ1v) is 6.03. The summed E-state index contributed by atoms with van der Waals surface area (Å²) in [5, 5.41) is 11.0. The third-order valence-electron chi connectivity index (χ3n) is 2.90. The fourth-order valence-electron chi connectivity index (χ4n) is 1.88. The highest BCUT2D eigenvalue weighted by Gasteiger charge is 2.06. The number of aromatic nitrogens is 2. The van der Waals surface area contributed by atoms with Crippen molar-refractivity contribution in [3.63, 3.8) is 0 Å². The zero-order chi connectivity index (χ0) is 14.8. The number of benzene rings is 2. The van der Waals surface area contributed by atoms with Crippen LogP contribution in [0.5, 0.6) is 11.5 Å². The quantitative estimate of drug-likeness (QED) is 0.588. The van der Waals surface area contributed by atoms with E-state index < -0.39 is 4.92 Å². The molecule has 0 radical (unpaired) electrons. The Morgan fingerprint density at radius 2 is 1.81 bits per heavy atom. The van der Waals surface area contributed by atoms with Crippen LogP contribution in [0.4, 0.5) is 5.69 Å². The van der Waals surface area contributed by atoms with Gasteiger partial charge in [-0.2, -0.15) is 0 Å². The molecule has 21 heavy (non-hydrogen) atoms. The number of aromatic amines is 1. The number of nitro groups is 1. The Hall–Kier alpha value is -3.22. The van der Waals surface area contributed by atoms with Gasteiger partial charge < -0.3 is 9.72 Å². The molecule has 0 aliphatic rings. The van der Waals surface area contributed by atoms with Crippen LogP contribution in [0.1, 0.15) is 0 Å². The van der Waals surface area contributed by atoms with Crippen LogP contribution < -0.4 is 10.3 Å². The molecule has 0 bridgehead atoms. The van der Waals surface area contributed by atoms with Gasteiger partial charge in [0.15, 0.2) is 0 Å². The summed E-state index contributed by atoms with van der Waals surface area (Å²) in [6.45, 7) is 0. The number of nitrogens with one attached hydrogen (secondary N) is 1. The van der Waals surface area contributed by atoms with Crippen molar-refractivity contribution in [2.75, 3.05) is 0 Å². The molecule has 0 spiro atoms. The van der Waals surface area contributed by atoms with Crippen LogP contribution in [-0.2, 0) is 0 Å². The van der Waals surface area contributed by atoms with Gasteiger partial charge in [-0.15, -0.1) is 0 Å². The molecule has 0 fully saturated rings. The van der Waals surface area contributed by atoms with Gasteiger partial charge in [-0.25, -0.2) is 4.98 Å². The molecule has 0 unspecified atom stereocenters. The number of H-pyrrole nitrogens is 1. The number of fused-ring (bicyclic) bond motifs is 1. The van der Waals surface area contributed by atoms with E-state index in [1.54, 1.807) is 18.2 Å². The molecule has 1 N–H and O–H groups in total. The summed E-state index contributed by atoms with van der Waals surface area (Å²) in [6, 6.07) is 10.6. The Bertz CT molecular complexity index is 871. The third-order valence-corrected chi connectivity index (χ3v) is 2.90. The first-order chi connectivity index (χ1) is 10.1. The fraction of sp³-hybridized carbons (Fsp3) is 0. The molecule has 0 amide bonds. The summed E-state index contributed by atoms with van der Waals surface area (Å²) in [5.41, 5.74) is 0.297. The molecular formula is C14H9N3O4. The molecule has 0 saturated carbocycles. The number of nitro benzene ring substituents is 1. The maximum absolute atomic E-state index is 11.7. The lowest BCUT2D eigenvalue weighted by Crippen LogP contribution is -2.05. The molecule has 0 saturated heterocycles. The zero-order valence-electron chi connectivity index (χ0n) is 10.6. The smallest absolute Gasteiger partial charge is 0.269 e. The van der Waals surface area contributed by atoms with Crippen LogP contribution in [0, 0.1) is 10.1 Å². The standard InChI is InChI=1S/C14H9N3O4/c18-14-12-7-11(5-6-13(12)15-8-16-14)21-10-3-1-9(2-4-10)17(19)20/h1-8H,(H,15,16,18). The molecule has 2 aromatic carbocycles. The van der Waals surface area contributed by atoms with E-state index in [1.807, 2.05) is 0 Å². The summed E-state index contributed by atoms with van der Waals surface area (Å²) in [6.07, 6.45) is 1.33. The summed E-state index contributed by atoms with van der Waals surface area (Å²) < 4.78 is 5.57. The molecule has 7 nitrogen and oxygen atoms in total. The van der Waals surface area contributed by atoms with Gasteiger partial charge in [0.05, 0.1) is 22.2 Å². The zero-order valence-corrected chi connectivity index (χ0v) is 10.6. The van der Waals surface area contributed by atoms with Crippen molar-refractivity contribution in [3.05, 3.63) is 69.3 Å². The second-order valence-electron chi connectivity index (χ2n) is 4.26. The van der Waals surface area contributed by atoms with Crippen molar-refractivity contribution in [1.29, 1.82) is 0 Å². The lowest BCUT2D eigenvalue weighted by Gasteiger charge is -2.06. The molecule has 0 aliphatic heterocycles. The first kappa shape index (κ1) is 12.8. The van der Waals surface area contributed by atoms with E-state index in [2.05, 4.69) is 9.97 Å². The van der Waals surface area contributed by atoms with Crippen molar-refractivity contribution in [2.45, 2.75) is 0 Å². The molecule has 0 aliphatic carbocycles. The third kappa shape index (κ3) is 2.57. The maximum atomic E-state index is 11.7. The highest BCUT2D eigenvalue weighted by atomic mass is 16.6. The van der Waals surface area contributed by atoms with E-state index >= 15 is 0 Å². The number of rotatable bonds is 3. The largest absolute Gasteiger partial charge is 0.457 e. The molecule has 3 rings (SSSR count). The number of ether oxygens (including phenoxy) is 1. The number of hydrogen-bond donors (Lipinski definition) is 1. The van der Waals surface area contributed by atoms with E-state index in [0.29, 0.717) is 22.4 Å². The van der Waals surface area contributed by atoms with Gasteiger partial charge in [0.25, 0.3) is 11.2 Å². The Labute approximate surface area is 118 Å². The van der Waals surface area contributed by atoms with Crippen molar-refractivity contribution >= 4 is 16.6 Å². The normalized spacial score (nSPS) is 10.5. The predicted molar refractivity (Wildman–Crippen MR) is 75.5 cm³/mol. The number of nitrogens with zero attached hydrogens (tertiary/aromatic N) is 2. The molecular weight excluding hydrogens is 274 g/mol. The van der Waals surface area contributed by atoms with Crippen LogP contribution in [0.15, 0.2) is 53.6 Å². The molecule has 7 heteroatoms. The van der Waals surface area contributed by atoms with Gasteiger partial charge in [0.1, 0.15) is 11.5 Å². The molecule has 0 atom stereocenters. The average Bonchev–Trinajstić information content (AvgIpc) is 2.49. The van der Waals surface area contributed by atoms with Gasteiger partial charge in [-0.1, -0.05) is 0 Å². The van der Waals surface area contributed by atoms with E-state index in [0.717, 1.165) is 0 Å². The molecule has 104 valence electrons. The highest BCUT2D eigenvalue weighted by molar-refractivity contribution is 5.78. The second kappa shape index (κ2) is 5.04. The lowest BCUT2D eigenvalue weighted by molar-refractivity contribution is -0.384. The van der Waals surface area contributed by atoms with Crippen LogP contribution >= 0.6 is 0 Å². The predicted octanol–water partition coefficient (Wildman–Crippen LogP) is 2.62. The van der Waals surface area contributed by atoms with Crippen LogP contribution in [0.2, 0.25) is 0 Å². The van der Waals surface area contributed by atoms with E-state index in [1.165, 1.54) is 30.6 Å². The number of hydrogen-bond acceptors (Lipinski definition) is 5. The van der Waals surface area contributed by atoms with Gasteiger partial charge in [0.2, 0.25) is 0 Å². The van der Waals surface area contributed by atoms with E-state index in [4.69, 9.17) is 4.74 Å². The van der Waals surface area contributed by atoms with E-state index in [-0.39, 0.29) is 11.2 Å². The SMILES string of the molecule is O=c1[nH]cnc2ccc(Oc3ccc([N+](=O)[O-])cc3)cc12. The Kier molecular flexibility index (Phi) is 3.07. The monoisotopic (exact) mass is 283 g/mol. The van der Waals surface area contributed by atoms with Gasteiger partial charge >= 0.3 is 0 Å².